The first-order valence-electron chi connectivity index (χ1n) is 11.2. The molecule has 0 amide bonds. The molecule has 1 aliphatic rings. The molecule has 7 heteroatoms. The Bertz CT molecular complexity index is 1120. The first kappa shape index (κ1) is 24.5. The summed E-state index contributed by atoms with van der Waals surface area (Å²) in [5, 5.41) is 12.8. The molecule has 1 aliphatic heterocycles. The van der Waals surface area contributed by atoms with Gasteiger partial charge in [-0.25, -0.2) is 0 Å². The molecular weight excluding hydrogens is 470 g/mol. The largest absolute Gasteiger partial charge is 0.490 e. The van der Waals surface area contributed by atoms with E-state index >= 15 is 0 Å². The Labute approximate surface area is 209 Å². The van der Waals surface area contributed by atoms with Crippen molar-refractivity contribution in [1.29, 1.82) is 0 Å². The van der Waals surface area contributed by atoms with E-state index in [4.69, 9.17) is 21.1 Å². The van der Waals surface area contributed by atoms with Gasteiger partial charge in [-0.3, -0.25) is 10.1 Å². The monoisotopic (exact) mass is 497 g/mol. The van der Waals surface area contributed by atoms with E-state index in [1.807, 2.05) is 30.3 Å². The second-order valence-corrected chi connectivity index (χ2v) is 10.2. The van der Waals surface area contributed by atoms with Crippen molar-refractivity contribution in [3.8, 4) is 11.5 Å². The molecule has 2 atom stereocenters. The highest BCUT2D eigenvalue weighted by Crippen LogP contribution is 2.39. The van der Waals surface area contributed by atoms with Gasteiger partial charge in [-0.05, 0) is 41.5 Å². The Morgan fingerprint density at radius 2 is 1.71 bits per heavy atom. The van der Waals surface area contributed by atoms with Crippen LogP contribution in [0.5, 0.6) is 11.5 Å². The number of nitrogens with one attached hydrogen (secondary N) is 1. The summed E-state index contributed by atoms with van der Waals surface area (Å²) in [6.45, 7) is 5.16. The van der Waals surface area contributed by atoms with Gasteiger partial charge in [0.15, 0.2) is 0 Å². The zero-order valence-corrected chi connectivity index (χ0v) is 20.7. The normalized spacial score (nSPS) is 18.0. The fraction of sp³-hybridized carbons (Fsp3) is 0.296. The summed E-state index contributed by atoms with van der Waals surface area (Å²) in [5.74, 6) is 1.09. The van der Waals surface area contributed by atoms with Crippen LogP contribution in [0.2, 0.25) is 5.02 Å². The fourth-order valence-corrected chi connectivity index (χ4v) is 5.38. The molecular formula is C27H28ClNO4S. The number of thioether (sulfide) groups is 1. The van der Waals surface area contributed by atoms with Crippen LogP contribution in [-0.4, -0.2) is 36.1 Å². The van der Waals surface area contributed by atoms with Gasteiger partial charge in [0.05, 0.1) is 5.37 Å². The van der Waals surface area contributed by atoms with Crippen LogP contribution in [0.1, 0.15) is 35.9 Å². The Hall–Kier alpha value is -2.67. The first-order valence-corrected chi connectivity index (χ1v) is 12.6. The molecule has 178 valence electrons. The van der Waals surface area contributed by atoms with Crippen LogP contribution in [0, 0.1) is 0 Å². The molecule has 0 aliphatic carbocycles. The number of hydrogen-bond donors (Lipinski definition) is 2. The van der Waals surface area contributed by atoms with Crippen molar-refractivity contribution in [3.05, 3.63) is 94.5 Å². The van der Waals surface area contributed by atoms with Crippen molar-refractivity contribution < 1.29 is 19.4 Å². The minimum absolute atomic E-state index is 0.0974. The fourth-order valence-electron chi connectivity index (χ4n) is 3.95. The Morgan fingerprint density at radius 3 is 2.38 bits per heavy atom. The minimum atomic E-state index is -0.855. The third-order valence-electron chi connectivity index (χ3n) is 6.02. The van der Waals surface area contributed by atoms with E-state index in [0.717, 1.165) is 11.3 Å². The van der Waals surface area contributed by atoms with Crippen molar-refractivity contribution in [2.45, 2.75) is 30.7 Å². The molecule has 0 saturated carbocycles. The van der Waals surface area contributed by atoms with Crippen molar-refractivity contribution in [3.63, 3.8) is 0 Å². The number of aliphatic carboxylic acids is 1. The van der Waals surface area contributed by atoms with Gasteiger partial charge in [0.25, 0.3) is 0 Å². The van der Waals surface area contributed by atoms with E-state index < -0.39 is 12.0 Å². The molecule has 2 N–H and O–H groups in total. The SMILES string of the molecule is CC(C)(c1ccccc1)c1ccc(OCCOc2ccc(Cl)cc2C2NC(C(=O)O)CS2)cc1. The van der Waals surface area contributed by atoms with Gasteiger partial charge >= 0.3 is 5.97 Å². The molecule has 1 heterocycles. The van der Waals surface area contributed by atoms with Crippen molar-refractivity contribution in [2.75, 3.05) is 19.0 Å². The second kappa shape index (κ2) is 10.7. The lowest BCUT2D eigenvalue weighted by molar-refractivity contribution is -0.138. The summed E-state index contributed by atoms with van der Waals surface area (Å²) < 4.78 is 11.9. The van der Waals surface area contributed by atoms with Gasteiger partial charge in [-0.2, -0.15) is 0 Å². The number of halogens is 1. The Balaban J connectivity index is 1.33. The molecule has 0 radical (unpaired) electrons. The topological polar surface area (TPSA) is 67.8 Å². The Kier molecular flexibility index (Phi) is 7.71. The van der Waals surface area contributed by atoms with E-state index in [1.54, 1.807) is 6.07 Å². The number of ether oxygens (including phenoxy) is 2. The van der Waals surface area contributed by atoms with Crippen LogP contribution in [0.15, 0.2) is 72.8 Å². The quantitative estimate of drug-likeness (QED) is 0.358. The molecule has 0 bridgehead atoms. The molecule has 0 aromatic heterocycles. The van der Waals surface area contributed by atoms with E-state index in [-0.39, 0.29) is 10.8 Å². The van der Waals surface area contributed by atoms with Gasteiger partial charge in [0, 0.05) is 21.8 Å². The molecule has 3 aromatic carbocycles. The van der Waals surface area contributed by atoms with E-state index in [1.165, 1.54) is 22.9 Å². The summed E-state index contributed by atoms with van der Waals surface area (Å²) >= 11 is 7.72. The maximum absolute atomic E-state index is 11.3. The van der Waals surface area contributed by atoms with Crippen molar-refractivity contribution in [2.24, 2.45) is 0 Å². The van der Waals surface area contributed by atoms with Gasteiger partial charge < -0.3 is 14.6 Å². The number of carbonyl (C=O) groups is 1. The average Bonchev–Trinajstić information content (AvgIpc) is 3.34. The molecule has 1 fully saturated rings. The van der Waals surface area contributed by atoms with Crippen molar-refractivity contribution >= 4 is 29.3 Å². The van der Waals surface area contributed by atoms with E-state index in [2.05, 4.69) is 55.6 Å². The van der Waals surface area contributed by atoms with Crippen LogP contribution in [0.25, 0.3) is 0 Å². The van der Waals surface area contributed by atoms with Crippen molar-refractivity contribution in [1.82, 2.24) is 5.32 Å². The van der Waals surface area contributed by atoms with Crippen LogP contribution in [0.4, 0.5) is 0 Å². The molecule has 34 heavy (non-hydrogen) atoms. The molecule has 3 aromatic rings. The number of carboxylic acids is 1. The maximum Gasteiger partial charge on any atom is 0.321 e. The summed E-state index contributed by atoms with van der Waals surface area (Å²) in [6.07, 6.45) is 0. The zero-order valence-electron chi connectivity index (χ0n) is 19.2. The number of hydrogen-bond acceptors (Lipinski definition) is 5. The van der Waals surface area contributed by atoms with Gasteiger partial charge in [0.1, 0.15) is 30.8 Å². The average molecular weight is 498 g/mol. The number of rotatable bonds is 9. The predicted octanol–water partition coefficient (Wildman–Crippen LogP) is 5.91. The molecule has 1 saturated heterocycles. The van der Waals surface area contributed by atoms with E-state index in [0.29, 0.717) is 29.7 Å². The lowest BCUT2D eigenvalue weighted by atomic mass is 9.78. The molecule has 5 nitrogen and oxygen atoms in total. The summed E-state index contributed by atoms with van der Waals surface area (Å²) in [4.78, 5) is 11.3. The zero-order chi connectivity index (χ0) is 24.1. The third-order valence-corrected chi connectivity index (χ3v) is 7.50. The van der Waals surface area contributed by atoms with Gasteiger partial charge in [-0.1, -0.05) is 67.9 Å². The minimum Gasteiger partial charge on any atom is -0.490 e. The Morgan fingerprint density at radius 1 is 1.03 bits per heavy atom. The smallest absolute Gasteiger partial charge is 0.321 e. The van der Waals surface area contributed by atoms with Crippen LogP contribution in [0.3, 0.4) is 0 Å². The lowest BCUT2D eigenvalue weighted by Gasteiger charge is -2.26. The first-order chi connectivity index (χ1) is 16.3. The molecule has 0 spiro atoms. The lowest BCUT2D eigenvalue weighted by Crippen LogP contribution is -2.33. The number of carboxylic acid groups (broad SMARTS) is 1. The van der Waals surface area contributed by atoms with Crippen LogP contribution >= 0.6 is 23.4 Å². The van der Waals surface area contributed by atoms with E-state index in [9.17, 15) is 9.90 Å². The number of benzene rings is 3. The summed E-state index contributed by atoms with van der Waals surface area (Å²) in [6, 6.07) is 23.4. The highest BCUT2D eigenvalue weighted by molar-refractivity contribution is 7.99. The standard InChI is InChI=1S/C27H28ClNO4S/c1-27(2,18-6-4-3-5-7-18)19-8-11-21(12-9-19)32-14-15-33-24-13-10-20(28)16-22(24)25-29-23(17-34-25)26(30)31/h3-13,16,23,25,29H,14-15,17H2,1-2H3,(H,30,31). The maximum atomic E-state index is 11.3. The highest BCUT2D eigenvalue weighted by Gasteiger charge is 2.32. The molecule has 4 rings (SSSR count). The van der Waals surface area contributed by atoms with Crippen LogP contribution < -0.4 is 14.8 Å². The summed E-state index contributed by atoms with van der Waals surface area (Å²) in [7, 11) is 0. The van der Waals surface area contributed by atoms with Gasteiger partial charge in [-0.15, -0.1) is 11.8 Å². The second-order valence-electron chi connectivity index (χ2n) is 8.67. The predicted molar refractivity (Wildman–Crippen MR) is 137 cm³/mol. The summed E-state index contributed by atoms with van der Waals surface area (Å²) in [5.41, 5.74) is 3.23. The van der Waals surface area contributed by atoms with Gasteiger partial charge in [0.2, 0.25) is 0 Å². The highest BCUT2D eigenvalue weighted by atomic mass is 35.5. The van der Waals surface area contributed by atoms with Crippen LogP contribution in [-0.2, 0) is 10.2 Å². The molecule has 2 unspecified atom stereocenters. The third kappa shape index (κ3) is 5.69.